The molecule has 0 N–H and O–H groups in total. The number of carbonyl (C=O) groups is 1. The van der Waals surface area contributed by atoms with Crippen molar-refractivity contribution in [3.8, 4) is 22.6 Å². The number of ketones is 1. The zero-order valence-corrected chi connectivity index (χ0v) is 17.7. The van der Waals surface area contributed by atoms with Crippen molar-refractivity contribution in [1.82, 2.24) is 9.80 Å². The summed E-state index contributed by atoms with van der Waals surface area (Å²) in [7, 11) is 7.95. The lowest BCUT2D eigenvalue weighted by molar-refractivity contribution is 0.0611. The highest BCUT2D eigenvalue weighted by molar-refractivity contribution is 6.22. The van der Waals surface area contributed by atoms with Crippen LogP contribution in [0.5, 0.6) is 11.5 Å². The van der Waals surface area contributed by atoms with Gasteiger partial charge in [0.05, 0.1) is 0 Å². The Morgan fingerprint density at radius 3 is 1.43 bits per heavy atom. The molecule has 0 aliphatic heterocycles. The van der Waals surface area contributed by atoms with Crippen molar-refractivity contribution < 1.29 is 14.3 Å². The average molecular weight is 383 g/mol. The lowest BCUT2D eigenvalue weighted by Gasteiger charge is -2.24. The van der Waals surface area contributed by atoms with Crippen LogP contribution >= 0.6 is 0 Å². The minimum atomic E-state index is -0.0195. The molecule has 3 rings (SSSR count). The van der Waals surface area contributed by atoms with Crippen LogP contribution in [0, 0.1) is 0 Å². The van der Waals surface area contributed by atoms with E-state index in [4.69, 9.17) is 9.47 Å². The second-order valence-electron chi connectivity index (χ2n) is 7.63. The molecule has 0 amide bonds. The van der Waals surface area contributed by atoms with Gasteiger partial charge >= 0.3 is 0 Å². The number of nitrogens with zero attached hydrogens (tertiary/aromatic N) is 2. The van der Waals surface area contributed by atoms with Crippen LogP contribution in [0.15, 0.2) is 36.4 Å². The molecule has 0 heterocycles. The molecule has 2 aromatic carbocycles. The molecule has 150 valence electrons. The van der Waals surface area contributed by atoms with Crippen LogP contribution in [0.1, 0.15) is 42.6 Å². The van der Waals surface area contributed by atoms with Gasteiger partial charge in [-0.3, -0.25) is 14.6 Å². The Morgan fingerprint density at radius 2 is 1.11 bits per heavy atom. The molecule has 0 fully saturated rings. The molecule has 2 aromatic rings. The van der Waals surface area contributed by atoms with Crippen molar-refractivity contribution in [1.29, 1.82) is 0 Å². The molecule has 0 saturated carbocycles. The summed E-state index contributed by atoms with van der Waals surface area (Å²) in [6, 6.07) is 11.6. The fraction of sp³-hybridized carbons (Fsp3) is 0.435. The first-order valence-electron chi connectivity index (χ1n) is 9.85. The van der Waals surface area contributed by atoms with Crippen molar-refractivity contribution in [3.05, 3.63) is 47.5 Å². The van der Waals surface area contributed by atoms with Crippen LogP contribution in [-0.4, -0.2) is 56.2 Å². The molecule has 0 spiro atoms. The smallest absolute Gasteiger partial charge is 0.194 e. The van der Waals surface area contributed by atoms with E-state index < -0.39 is 0 Å². The summed E-state index contributed by atoms with van der Waals surface area (Å²) in [6.45, 7) is 4.16. The monoisotopic (exact) mass is 382 g/mol. The molecular formula is C23H30N2O3. The molecule has 5 heteroatoms. The highest BCUT2D eigenvalue weighted by atomic mass is 16.5. The number of ether oxygens (including phenoxy) is 2. The summed E-state index contributed by atoms with van der Waals surface area (Å²) in [5.74, 6) is 1.46. The van der Waals surface area contributed by atoms with Gasteiger partial charge in [0.25, 0.3) is 0 Å². The molecule has 0 saturated heterocycles. The third-order valence-corrected chi connectivity index (χ3v) is 5.16. The van der Waals surface area contributed by atoms with Crippen LogP contribution in [0.4, 0.5) is 0 Å². The Hall–Kier alpha value is -2.37. The Bertz CT molecular complexity index is 791. The van der Waals surface area contributed by atoms with Crippen LogP contribution < -0.4 is 9.47 Å². The number of rotatable bonds is 8. The zero-order valence-electron chi connectivity index (χ0n) is 17.7. The van der Waals surface area contributed by atoms with Crippen LogP contribution in [0.3, 0.4) is 0 Å². The molecule has 5 nitrogen and oxygen atoms in total. The molecule has 1 aliphatic rings. The van der Waals surface area contributed by atoms with E-state index in [0.29, 0.717) is 11.1 Å². The zero-order chi connectivity index (χ0) is 20.4. The summed E-state index contributed by atoms with van der Waals surface area (Å²) >= 11 is 0. The number of carbonyl (C=O) groups excluding carboxylic acids is 1. The molecule has 28 heavy (non-hydrogen) atoms. The van der Waals surface area contributed by atoms with E-state index in [1.807, 2.05) is 74.4 Å². The van der Waals surface area contributed by atoms with E-state index in [9.17, 15) is 4.79 Å². The summed E-state index contributed by atoms with van der Waals surface area (Å²) in [5.41, 5.74) is 3.30. The van der Waals surface area contributed by atoms with Gasteiger partial charge in [0, 0.05) is 11.1 Å². The molecule has 1 aliphatic carbocycles. The minimum absolute atomic E-state index is 0.0195. The Balaban J connectivity index is 1.87. The summed E-state index contributed by atoms with van der Waals surface area (Å²) in [4.78, 5) is 17.1. The maximum absolute atomic E-state index is 13.0. The largest absolute Gasteiger partial charge is 0.475 e. The minimum Gasteiger partial charge on any atom is -0.475 e. The third-order valence-electron chi connectivity index (χ3n) is 5.16. The van der Waals surface area contributed by atoms with Gasteiger partial charge in [-0.1, -0.05) is 13.8 Å². The molecule has 0 bridgehead atoms. The predicted octanol–water partition coefficient (Wildman–Crippen LogP) is 4.25. The second-order valence-corrected chi connectivity index (χ2v) is 7.63. The Labute approximate surface area is 167 Å². The van der Waals surface area contributed by atoms with Crippen LogP contribution in [0.2, 0.25) is 0 Å². The van der Waals surface area contributed by atoms with E-state index in [0.717, 1.165) is 35.5 Å². The van der Waals surface area contributed by atoms with Crippen molar-refractivity contribution in [2.24, 2.45) is 0 Å². The topological polar surface area (TPSA) is 42.0 Å². The standard InChI is InChI=1S/C23H30N2O3/c1-7-21(24(3)4)27-15-9-11-17-18-12-10-16(28-22(8-2)25(5)6)14-20(18)23(26)19(17)13-15/h9-14,21-22H,7-8H2,1-6H3. The van der Waals surface area contributed by atoms with Crippen molar-refractivity contribution in [3.63, 3.8) is 0 Å². The fourth-order valence-corrected chi connectivity index (χ4v) is 3.61. The second kappa shape index (κ2) is 8.33. The van der Waals surface area contributed by atoms with E-state index >= 15 is 0 Å². The number of hydrogen-bond acceptors (Lipinski definition) is 5. The third kappa shape index (κ3) is 3.91. The SMILES string of the molecule is CCC(Oc1ccc2c(c1)C(=O)c1cc(OC(CC)N(C)C)ccc1-2)N(C)C. The van der Waals surface area contributed by atoms with Gasteiger partial charge in [-0.25, -0.2) is 0 Å². The lowest BCUT2D eigenvalue weighted by atomic mass is 10.1. The van der Waals surface area contributed by atoms with Crippen molar-refractivity contribution in [2.75, 3.05) is 28.2 Å². The van der Waals surface area contributed by atoms with Gasteiger partial charge in [0.2, 0.25) is 0 Å². The molecular weight excluding hydrogens is 352 g/mol. The first kappa shape index (κ1) is 20.4. The summed E-state index contributed by atoms with van der Waals surface area (Å²) in [6.07, 6.45) is 1.69. The maximum atomic E-state index is 13.0. The van der Waals surface area contributed by atoms with Gasteiger partial charge in [-0.15, -0.1) is 0 Å². The van der Waals surface area contributed by atoms with Gasteiger partial charge in [0.15, 0.2) is 18.2 Å². The van der Waals surface area contributed by atoms with E-state index in [1.165, 1.54) is 0 Å². The summed E-state index contributed by atoms with van der Waals surface area (Å²) < 4.78 is 12.1. The van der Waals surface area contributed by atoms with E-state index in [-0.39, 0.29) is 18.2 Å². The number of benzene rings is 2. The van der Waals surface area contributed by atoms with Crippen molar-refractivity contribution >= 4 is 5.78 Å². The fourth-order valence-electron chi connectivity index (χ4n) is 3.61. The molecule has 0 aromatic heterocycles. The van der Waals surface area contributed by atoms with Crippen molar-refractivity contribution in [2.45, 2.75) is 39.1 Å². The summed E-state index contributed by atoms with van der Waals surface area (Å²) in [5, 5.41) is 0. The van der Waals surface area contributed by atoms with Gasteiger partial charge in [0.1, 0.15) is 11.5 Å². The predicted molar refractivity (Wildman–Crippen MR) is 112 cm³/mol. The van der Waals surface area contributed by atoms with Gasteiger partial charge < -0.3 is 9.47 Å². The molecule has 2 unspecified atom stereocenters. The normalized spacial score (nSPS) is 14.8. The van der Waals surface area contributed by atoms with Gasteiger partial charge in [-0.2, -0.15) is 0 Å². The Kier molecular flexibility index (Phi) is 6.06. The quantitative estimate of drug-likeness (QED) is 0.545. The van der Waals surface area contributed by atoms with Gasteiger partial charge in [-0.05, 0) is 88.6 Å². The number of fused-ring (bicyclic) bond motifs is 3. The lowest BCUT2D eigenvalue weighted by Crippen LogP contribution is -2.32. The average Bonchev–Trinajstić information content (AvgIpc) is 2.95. The van der Waals surface area contributed by atoms with Crippen LogP contribution in [-0.2, 0) is 0 Å². The highest BCUT2D eigenvalue weighted by Gasteiger charge is 2.28. The first-order valence-corrected chi connectivity index (χ1v) is 9.85. The maximum Gasteiger partial charge on any atom is 0.194 e. The van der Waals surface area contributed by atoms with Crippen LogP contribution in [0.25, 0.3) is 11.1 Å². The van der Waals surface area contributed by atoms with E-state index in [2.05, 4.69) is 13.8 Å². The van der Waals surface area contributed by atoms with E-state index in [1.54, 1.807) is 0 Å². The Morgan fingerprint density at radius 1 is 0.714 bits per heavy atom. The molecule has 0 radical (unpaired) electrons. The number of hydrogen-bond donors (Lipinski definition) is 0. The molecule has 2 atom stereocenters. The highest BCUT2D eigenvalue weighted by Crippen LogP contribution is 2.40. The first-order chi connectivity index (χ1) is 13.3.